The van der Waals surface area contributed by atoms with Crippen LogP contribution in [0.3, 0.4) is 0 Å². The quantitative estimate of drug-likeness (QED) is 0.506. The summed E-state index contributed by atoms with van der Waals surface area (Å²) in [6.45, 7) is 7.52. The first-order valence-electron chi connectivity index (χ1n) is 13.2. The van der Waals surface area contributed by atoms with Crippen LogP contribution in [0.1, 0.15) is 55.6 Å². The number of carbonyl (C=O) groups excluding carboxylic acids is 2. The van der Waals surface area contributed by atoms with Crippen molar-refractivity contribution in [1.29, 1.82) is 0 Å². The number of benzene rings is 1. The first-order valence-corrected chi connectivity index (χ1v) is 13.2. The van der Waals surface area contributed by atoms with Crippen LogP contribution in [0, 0.1) is 17.0 Å². The monoisotopic (exact) mass is 541 g/mol. The Hall–Kier alpha value is -4.27. The highest BCUT2D eigenvalue weighted by atomic mass is 19.1. The van der Waals surface area contributed by atoms with E-state index in [9.17, 15) is 18.4 Å². The van der Waals surface area contributed by atoms with Crippen molar-refractivity contribution in [2.24, 2.45) is 10.4 Å². The lowest BCUT2D eigenvalue weighted by Gasteiger charge is -2.33. The fourth-order valence-corrected chi connectivity index (χ4v) is 5.97. The summed E-state index contributed by atoms with van der Waals surface area (Å²) in [4.78, 5) is 41.7. The molecule has 0 radical (unpaired) electrons. The number of halogens is 2. The summed E-state index contributed by atoms with van der Waals surface area (Å²) in [5, 5.41) is 2.90. The van der Waals surface area contributed by atoms with E-state index < -0.39 is 28.1 Å². The second-order valence-electron chi connectivity index (χ2n) is 11.9. The van der Waals surface area contributed by atoms with Crippen molar-refractivity contribution in [3.05, 3.63) is 94.5 Å². The molecule has 2 atom stereocenters. The molecule has 40 heavy (non-hydrogen) atoms. The number of rotatable bonds is 4. The van der Waals surface area contributed by atoms with Gasteiger partial charge in [-0.2, -0.15) is 0 Å². The minimum Gasteiger partial charge on any atom is -0.310 e. The summed E-state index contributed by atoms with van der Waals surface area (Å²) in [5.74, 6) is -1.19. The Morgan fingerprint density at radius 1 is 1.07 bits per heavy atom. The van der Waals surface area contributed by atoms with Crippen LogP contribution < -0.4 is 5.32 Å². The number of hydrogen-bond donors (Lipinski definition) is 1. The van der Waals surface area contributed by atoms with Crippen LogP contribution in [0.2, 0.25) is 0 Å². The van der Waals surface area contributed by atoms with E-state index in [1.165, 1.54) is 17.0 Å². The maximum atomic E-state index is 14.2. The molecule has 7 nitrogen and oxygen atoms in total. The van der Waals surface area contributed by atoms with Crippen molar-refractivity contribution >= 4 is 29.4 Å². The average molecular weight is 542 g/mol. The molecule has 0 saturated carbocycles. The average Bonchev–Trinajstić information content (AvgIpc) is 3.49. The molecule has 3 aromatic rings. The number of aromatic nitrogens is 2. The standard InChI is InChI=1S/C31H29F2N5O2/c1-29(2,3)25-27(39)38(30(4,37-25)20-12-21(32)14-22(33)13-20)10-6-7-18-11-19-15-31(16-24(19)35-17-18)23-8-5-9-34-26(23)36-28(31)40/h5-9,11-14,17H,10,15-16H2,1-4H3,(H,34,36,40)/b7-6+/t30-,31?/m1/s1. The molecule has 1 unspecified atom stereocenters. The lowest BCUT2D eigenvalue weighted by Crippen LogP contribution is -2.44. The zero-order valence-corrected chi connectivity index (χ0v) is 22.8. The molecular formula is C31H29F2N5O2. The molecule has 2 amide bonds. The van der Waals surface area contributed by atoms with Crippen LogP contribution in [0.4, 0.5) is 14.6 Å². The van der Waals surface area contributed by atoms with E-state index in [0.717, 1.165) is 28.5 Å². The van der Waals surface area contributed by atoms with E-state index in [2.05, 4.69) is 15.3 Å². The van der Waals surface area contributed by atoms with Crippen LogP contribution in [0.25, 0.3) is 6.08 Å². The van der Waals surface area contributed by atoms with Gasteiger partial charge in [0.05, 0.1) is 5.41 Å². The highest BCUT2D eigenvalue weighted by Crippen LogP contribution is 2.46. The van der Waals surface area contributed by atoms with Gasteiger partial charge in [-0.1, -0.05) is 39.0 Å². The van der Waals surface area contributed by atoms with Crippen molar-refractivity contribution in [3.8, 4) is 0 Å². The summed E-state index contributed by atoms with van der Waals surface area (Å²) >= 11 is 0. The van der Waals surface area contributed by atoms with Crippen LogP contribution in [-0.2, 0) is 33.5 Å². The van der Waals surface area contributed by atoms with E-state index in [1.807, 2.05) is 51.1 Å². The molecule has 9 heteroatoms. The molecule has 1 N–H and O–H groups in total. The minimum atomic E-state index is -1.27. The first-order chi connectivity index (χ1) is 18.9. The van der Waals surface area contributed by atoms with E-state index in [1.54, 1.807) is 19.3 Å². The van der Waals surface area contributed by atoms with Crippen molar-refractivity contribution < 1.29 is 18.4 Å². The SMILES string of the molecule is CC(C)(C)C1=N[C@@](C)(c2cc(F)cc(F)c2)N(C/C=C/c2cnc3c(c2)CC2(C3)C(=O)Nc3ncccc32)C1=O. The summed E-state index contributed by atoms with van der Waals surface area (Å²) in [7, 11) is 0. The Morgan fingerprint density at radius 2 is 1.82 bits per heavy atom. The Balaban J connectivity index is 1.27. The molecule has 6 rings (SSSR count). The van der Waals surface area contributed by atoms with E-state index in [0.29, 0.717) is 24.4 Å². The summed E-state index contributed by atoms with van der Waals surface area (Å²) in [6, 6.07) is 9.03. The van der Waals surface area contributed by atoms with Crippen LogP contribution in [-0.4, -0.2) is 38.9 Å². The largest absolute Gasteiger partial charge is 0.310 e. The van der Waals surface area contributed by atoms with Gasteiger partial charge in [0.15, 0.2) is 5.66 Å². The zero-order valence-electron chi connectivity index (χ0n) is 22.8. The number of anilines is 1. The molecule has 1 aromatic carbocycles. The fourth-order valence-electron chi connectivity index (χ4n) is 5.97. The van der Waals surface area contributed by atoms with Gasteiger partial charge in [0.25, 0.3) is 5.91 Å². The number of nitrogens with one attached hydrogen (secondary N) is 1. The summed E-state index contributed by atoms with van der Waals surface area (Å²) < 4.78 is 28.3. The van der Waals surface area contributed by atoms with Crippen molar-refractivity contribution in [2.45, 2.75) is 51.6 Å². The second kappa shape index (κ2) is 8.87. The summed E-state index contributed by atoms with van der Waals surface area (Å²) in [5.41, 5.74) is 1.67. The van der Waals surface area contributed by atoms with Gasteiger partial charge in [-0.05, 0) is 48.7 Å². The Labute approximate surface area is 231 Å². The fraction of sp³-hybridized carbons (Fsp3) is 0.323. The first kappa shape index (κ1) is 26.0. The molecule has 3 aliphatic rings. The molecule has 0 saturated heterocycles. The number of nitrogens with zero attached hydrogens (tertiary/aromatic N) is 4. The molecular weight excluding hydrogens is 512 g/mol. The highest BCUT2D eigenvalue weighted by Gasteiger charge is 2.52. The van der Waals surface area contributed by atoms with E-state index in [-0.39, 0.29) is 23.9 Å². The van der Waals surface area contributed by atoms with E-state index in [4.69, 9.17) is 4.99 Å². The molecule has 4 heterocycles. The molecule has 2 aromatic heterocycles. The summed E-state index contributed by atoms with van der Waals surface area (Å²) in [6.07, 6.45) is 8.12. The minimum absolute atomic E-state index is 0.0634. The second-order valence-corrected chi connectivity index (χ2v) is 11.9. The van der Waals surface area contributed by atoms with E-state index >= 15 is 0 Å². The lowest BCUT2D eigenvalue weighted by atomic mass is 9.80. The van der Waals surface area contributed by atoms with Crippen molar-refractivity contribution in [1.82, 2.24) is 14.9 Å². The van der Waals surface area contributed by atoms with Gasteiger partial charge in [0.2, 0.25) is 5.91 Å². The number of fused-ring (bicyclic) bond motifs is 3. The highest BCUT2D eigenvalue weighted by molar-refractivity contribution is 6.42. The molecule has 1 aliphatic carbocycles. The number of carbonyl (C=O) groups is 2. The molecule has 1 spiro atoms. The Bertz CT molecular complexity index is 1620. The predicted molar refractivity (Wildman–Crippen MR) is 148 cm³/mol. The Kier molecular flexibility index (Phi) is 5.76. The maximum Gasteiger partial charge on any atom is 0.270 e. The smallest absolute Gasteiger partial charge is 0.270 e. The third kappa shape index (κ3) is 4.03. The topological polar surface area (TPSA) is 87.6 Å². The normalized spacial score (nSPS) is 23.6. The van der Waals surface area contributed by atoms with Gasteiger partial charge in [0.1, 0.15) is 23.2 Å². The third-order valence-electron chi connectivity index (χ3n) is 8.05. The van der Waals surface area contributed by atoms with Crippen molar-refractivity contribution in [2.75, 3.05) is 11.9 Å². The van der Waals surface area contributed by atoms with Gasteiger partial charge in [-0.15, -0.1) is 0 Å². The maximum absolute atomic E-state index is 14.2. The van der Waals surface area contributed by atoms with Crippen molar-refractivity contribution in [3.63, 3.8) is 0 Å². The van der Waals surface area contributed by atoms with Gasteiger partial charge in [-0.3, -0.25) is 19.6 Å². The van der Waals surface area contributed by atoms with Gasteiger partial charge < -0.3 is 10.2 Å². The number of pyridine rings is 2. The van der Waals surface area contributed by atoms with Crippen LogP contribution in [0.15, 0.2) is 59.9 Å². The molecule has 2 aliphatic heterocycles. The molecule has 0 bridgehead atoms. The number of hydrogen-bond acceptors (Lipinski definition) is 5. The van der Waals surface area contributed by atoms with Crippen LogP contribution >= 0.6 is 0 Å². The Morgan fingerprint density at radius 3 is 2.55 bits per heavy atom. The lowest BCUT2D eigenvalue weighted by molar-refractivity contribution is -0.127. The molecule has 204 valence electrons. The third-order valence-corrected chi connectivity index (χ3v) is 8.05. The van der Waals surface area contributed by atoms with Gasteiger partial charge in [-0.25, -0.2) is 13.8 Å². The molecule has 0 fully saturated rings. The predicted octanol–water partition coefficient (Wildman–Crippen LogP) is 4.96. The zero-order chi connectivity index (χ0) is 28.4. The number of aliphatic imine (C=N–C) groups is 1. The number of amides is 2. The van der Waals surface area contributed by atoms with Crippen LogP contribution in [0.5, 0.6) is 0 Å². The van der Waals surface area contributed by atoms with Gasteiger partial charge >= 0.3 is 0 Å². The van der Waals surface area contributed by atoms with Gasteiger partial charge in [0, 0.05) is 53.7 Å².